The molecule has 1 saturated heterocycles. The maximum Gasteiger partial charge on any atom is 0.343 e. The Hall–Kier alpha value is -3.76. The molecule has 0 atom stereocenters. The van der Waals surface area contributed by atoms with Gasteiger partial charge in [-0.2, -0.15) is 0 Å². The molecule has 0 radical (unpaired) electrons. The second-order valence-corrected chi connectivity index (χ2v) is 9.45. The number of carbonyl (C=O) groups is 2. The molecule has 1 aliphatic heterocycles. The number of thioether (sulfide) groups is 1. The van der Waals surface area contributed by atoms with E-state index < -0.39 is 5.97 Å². The van der Waals surface area contributed by atoms with Gasteiger partial charge >= 0.3 is 5.97 Å². The summed E-state index contributed by atoms with van der Waals surface area (Å²) in [7, 11) is 3.15. The number of hydrogen-bond donors (Lipinski definition) is 1. The lowest BCUT2D eigenvalue weighted by atomic mass is 10.1. The zero-order chi connectivity index (χ0) is 26.4. The molecular formula is C27H23BrN2O6S. The van der Waals surface area contributed by atoms with Crippen LogP contribution in [0.5, 0.6) is 23.0 Å². The van der Waals surface area contributed by atoms with Gasteiger partial charge in [-0.15, -0.1) is 0 Å². The molecule has 1 amide bonds. The molecule has 3 aromatic carbocycles. The Labute approximate surface area is 226 Å². The first-order chi connectivity index (χ1) is 17.9. The van der Waals surface area contributed by atoms with Crippen LogP contribution in [-0.4, -0.2) is 37.9 Å². The van der Waals surface area contributed by atoms with Crippen LogP contribution < -0.4 is 24.3 Å². The normalized spacial score (nSPS) is 15.0. The van der Waals surface area contributed by atoms with Crippen LogP contribution in [0, 0.1) is 0 Å². The Morgan fingerprint density at radius 1 is 1.03 bits per heavy atom. The number of methoxy groups -OCH3 is 2. The fraction of sp³-hybridized carbons (Fsp3) is 0.148. The number of halogens is 1. The van der Waals surface area contributed by atoms with Gasteiger partial charge in [0.05, 0.1) is 41.5 Å². The Morgan fingerprint density at radius 3 is 2.30 bits per heavy atom. The molecule has 0 aromatic heterocycles. The van der Waals surface area contributed by atoms with Gasteiger partial charge < -0.3 is 24.3 Å². The molecule has 0 saturated carbocycles. The molecule has 0 aliphatic carbocycles. The topological polar surface area (TPSA) is 95.5 Å². The third-order valence-electron chi connectivity index (χ3n) is 5.10. The highest BCUT2D eigenvalue weighted by molar-refractivity contribution is 9.10. The van der Waals surface area contributed by atoms with Crippen LogP contribution in [0.4, 0.5) is 5.69 Å². The minimum Gasteiger partial charge on any atom is -0.497 e. The number of hydrogen-bond acceptors (Lipinski definition) is 8. The van der Waals surface area contributed by atoms with E-state index in [1.54, 1.807) is 81.0 Å². The first-order valence-electron chi connectivity index (χ1n) is 11.2. The number of esters is 1. The smallest absolute Gasteiger partial charge is 0.343 e. The Bertz CT molecular complexity index is 1370. The molecule has 1 aliphatic rings. The minimum atomic E-state index is -0.541. The van der Waals surface area contributed by atoms with E-state index in [4.69, 9.17) is 18.9 Å². The standard InChI is InChI=1S/C27H23BrN2O6S/c1-4-35-22-14-16(13-21(28)24(22)36-26(32)17-5-9-19(33-2)10-6-17)15-23-25(31)30-27(37-23)29-18-7-11-20(34-3)12-8-18/h5-15H,4H2,1-3H3,(H,29,30,31)/b23-15-. The monoisotopic (exact) mass is 582 g/mol. The number of carbonyl (C=O) groups excluding carboxylic acids is 2. The molecule has 0 spiro atoms. The third-order valence-corrected chi connectivity index (χ3v) is 6.60. The summed E-state index contributed by atoms with van der Waals surface area (Å²) in [5, 5.41) is 3.24. The molecule has 0 bridgehead atoms. The average Bonchev–Trinajstić information content (AvgIpc) is 3.24. The summed E-state index contributed by atoms with van der Waals surface area (Å²) in [6.45, 7) is 2.18. The van der Waals surface area contributed by atoms with Crippen LogP contribution in [0.1, 0.15) is 22.8 Å². The van der Waals surface area contributed by atoms with Crippen LogP contribution >= 0.6 is 27.7 Å². The molecule has 0 unspecified atom stereocenters. The Balaban J connectivity index is 1.56. The Morgan fingerprint density at radius 2 is 1.68 bits per heavy atom. The fourth-order valence-corrected chi connectivity index (χ4v) is 4.70. The first kappa shape index (κ1) is 26.3. The molecule has 1 heterocycles. The van der Waals surface area contributed by atoms with Crippen molar-refractivity contribution in [2.75, 3.05) is 20.8 Å². The van der Waals surface area contributed by atoms with Gasteiger partial charge in [-0.25, -0.2) is 9.79 Å². The fourth-order valence-electron chi connectivity index (χ4n) is 3.32. The number of aliphatic imine (C=N–C) groups is 1. The van der Waals surface area contributed by atoms with E-state index in [1.165, 1.54) is 11.8 Å². The van der Waals surface area contributed by atoms with E-state index in [1.807, 2.05) is 6.92 Å². The quantitative estimate of drug-likeness (QED) is 0.198. The summed E-state index contributed by atoms with van der Waals surface area (Å²) in [5.41, 5.74) is 1.74. The number of nitrogens with one attached hydrogen (secondary N) is 1. The predicted octanol–water partition coefficient (Wildman–Crippen LogP) is 5.98. The molecule has 3 aromatic rings. The highest BCUT2D eigenvalue weighted by atomic mass is 79.9. The van der Waals surface area contributed by atoms with Crippen molar-refractivity contribution in [1.29, 1.82) is 0 Å². The highest BCUT2D eigenvalue weighted by Gasteiger charge is 2.25. The van der Waals surface area contributed by atoms with Crippen molar-refractivity contribution in [3.63, 3.8) is 0 Å². The van der Waals surface area contributed by atoms with Gasteiger partial charge in [-0.3, -0.25) is 4.79 Å². The summed E-state index contributed by atoms with van der Waals surface area (Å²) >= 11 is 4.70. The van der Waals surface area contributed by atoms with Gasteiger partial charge in [0.1, 0.15) is 11.5 Å². The molecule has 190 valence electrons. The summed E-state index contributed by atoms with van der Waals surface area (Å²) in [4.78, 5) is 30.2. The molecule has 10 heteroatoms. The molecular weight excluding hydrogens is 560 g/mol. The predicted molar refractivity (Wildman–Crippen MR) is 147 cm³/mol. The summed E-state index contributed by atoms with van der Waals surface area (Å²) in [5.74, 6) is 1.16. The van der Waals surface area contributed by atoms with Crippen molar-refractivity contribution in [2.45, 2.75) is 6.92 Å². The SMILES string of the molecule is CCOc1cc(/C=C2\SC(=Nc3ccc(OC)cc3)NC2=O)cc(Br)c1OC(=O)c1ccc(OC)cc1. The largest absolute Gasteiger partial charge is 0.497 e. The van der Waals surface area contributed by atoms with Crippen molar-refractivity contribution in [1.82, 2.24) is 5.32 Å². The number of rotatable bonds is 8. The van der Waals surface area contributed by atoms with Gasteiger partial charge in [0.2, 0.25) is 0 Å². The maximum atomic E-state index is 12.7. The average molecular weight is 583 g/mol. The van der Waals surface area contributed by atoms with Crippen LogP contribution in [0.3, 0.4) is 0 Å². The summed E-state index contributed by atoms with van der Waals surface area (Å²) < 4.78 is 22.2. The van der Waals surface area contributed by atoms with E-state index >= 15 is 0 Å². The van der Waals surface area contributed by atoms with Crippen LogP contribution in [0.2, 0.25) is 0 Å². The van der Waals surface area contributed by atoms with Crippen molar-refractivity contribution in [3.05, 3.63) is 81.2 Å². The lowest BCUT2D eigenvalue weighted by molar-refractivity contribution is -0.115. The highest BCUT2D eigenvalue weighted by Crippen LogP contribution is 2.39. The van der Waals surface area contributed by atoms with Gasteiger partial charge in [0.25, 0.3) is 5.91 Å². The van der Waals surface area contributed by atoms with Gasteiger partial charge in [-0.05, 0) is 107 Å². The van der Waals surface area contributed by atoms with Crippen molar-refractivity contribution >= 4 is 56.5 Å². The minimum absolute atomic E-state index is 0.245. The van der Waals surface area contributed by atoms with Gasteiger partial charge in [0, 0.05) is 0 Å². The molecule has 8 nitrogen and oxygen atoms in total. The van der Waals surface area contributed by atoms with E-state index in [0.29, 0.717) is 49.5 Å². The number of ether oxygens (including phenoxy) is 4. The van der Waals surface area contributed by atoms with Gasteiger partial charge in [-0.1, -0.05) is 0 Å². The van der Waals surface area contributed by atoms with E-state index in [0.717, 1.165) is 5.75 Å². The second kappa shape index (κ2) is 12.0. The van der Waals surface area contributed by atoms with Crippen molar-refractivity contribution < 1.29 is 28.5 Å². The zero-order valence-corrected chi connectivity index (χ0v) is 22.6. The van der Waals surface area contributed by atoms with Crippen LogP contribution in [-0.2, 0) is 4.79 Å². The van der Waals surface area contributed by atoms with Crippen molar-refractivity contribution in [3.8, 4) is 23.0 Å². The Kier molecular flexibility index (Phi) is 8.52. The number of amidine groups is 1. The zero-order valence-electron chi connectivity index (χ0n) is 20.2. The summed E-state index contributed by atoms with van der Waals surface area (Å²) in [6.07, 6.45) is 1.72. The van der Waals surface area contributed by atoms with E-state index in [9.17, 15) is 9.59 Å². The number of nitrogens with zero attached hydrogens (tertiary/aromatic N) is 1. The molecule has 37 heavy (non-hydrogen) atoms. The molecule has 1 N–H and O–H groups in total. The lowest BCUT2D eigenvalue weighted by Crippen LogP contribution is -2.19. The summed E-state index contributed by atoms with van der Waals surface area (Å²) in [6, 6.07) is 17.3. The molecule has 4 rings (SSSR count). The maximum absolute atomic E-state index is 12.7. The van der Waals surface area contributed by atoms with Gasteiger partial charge in [0.15, 0.2) is 16.7 Å². The van der Waals surface area contributed by atoms with Crippen molar-refractivity contribution in [2.24, 2.45) is 4.99 Å². The van der Waals surface area contributed by atoms with Crippen LogP contribution in [0.25, 0.3) is 6.08 Å². The number of amides is 1. The second-order valence-electron chi connectivity index (χ2n) is 7.56. The first-order valence-corrected chi connectivity index (χ1v) is 12.8. The van der Waals surface area contributed by atoms with E-state index in [2.05, 4.69) is 26.2 Å². The molecule has 1 fully saturated rings. The number of benzene rings is 3. The lowest BCUT2D eigenvalue weighted by Gasteiger charge is -2.14. The third kappa shape index (κ3) is 6.52. The van der Waals surface area contributed by atoms with Crippen LogP contribution in [0.15, 0.2) is 75.0 Å². The van der Waals surface area contributed by atoms with E-state index in [-0.39, 0.29) is 11.7 Å².